The van der Waals surface area contributed by atoms with Gasteiger partial charge in [0.2, 0.25) is 10.0 Å². The van der Waals surface area contributed by atoms with Gasteiger partial charge in [-0.25, -0.2) is 13.2 Å². The smallest absolute Gasteiger partial charge is 0.338 e. The van der Waals surface area contributed by atoms with Crippen LogP contribution in [0.3, 0.4) is 0 Å². The number of morpholine rings is 1. The number of nitrogens with zero attached hydrogens (tertiary/aromatic N) is 2. The predicted octanol–water partition coefficient (Wildman–Crippen LogP) is 3.35. The average Bonchev–Trinajstić information content (AvgIpc) is 2.88. The summed E-state index contributed by atoms with van der Waals surface area (Å²) in [5, 5.41) is 0. The Morgan fingerprint density at radius 2 is 1.79 bits per heavy atom. The van der Waals surface area contributed by atoms with E-state index in [0.717, 1.165) is 11.3 Å². The second-order valence-corrected chi connectivity index (χ2v) is 9.73. The molecule has 3 aromatic rings. The summed E-state index contributed by atoms with van der Waals surface area (Å²) in [6.45, 7) is 3.41. The number of aromatic nitrogens is 1. The Kier molecular flexibility index (Phi) is 7.56. The summed E-state index contributed by atoms with van der Waals surface area (Å²) in [6.07, 6.45) is 1.71. The van der Waals surface area contributed by atoms with Crippen LogP contribution in [0.2, 0.25) is 0 Å². The second kappa shape index (κ2) is 10.8. The molecule has 34 heavy (non-hydrogen) atoms. The van der Waals surface area contributed by atoms with Gasteiger partial charge in [0.1, 0.15) is 19.0 Å². The Labute approximate surface area is 199 Å². The first-order valence-electron chi connectivity index (χ1n) is 10.9. The zero-order valence-corrected chi connectivity index (χ0v) is 19.7. The van der Waals surface area contributed by atoms with E-state index < -0.39 is 16.0 Å². The van der Waals surface area contributed by atoms with E-state index in [-0.39, 0.29) is 30.2 Å². The van der Waals surface area contributed by atoms with E-state index in [1.165, 1.54) is 10.4 Å². The minimum atomic E-state index is -3.72. The summed E-state index contributed by atoms with van der Waals surface area (Å²) in [4.78, 5) is 17.0. The molecule has 0 unspecified atom stereocenters. The molecule has 2 aromatic carbocycles. The van der Waals surface area contributed by atoms with Crippen LogP contribution in [-0.2, 0) is 32.7 Å². The molecule has 0 saturated carbocycles. The van der Waals surface area contributed by atoms with Gasteiger partial charge in [0, 0.05) is 19.3 Å². The molecule has 178 valence electrons. The molecule has 1 fully saturated rings. The van der Waals surface area contributed by atoms with Crippen LogP contribution >= 0.6 is 0 Å². The lowest BCUT2D eigenvalue weighted by molar-refractivity contribution is 0.0472. The maximum atomic E-state index is 13.0. The molecular formula is C25H26N2O6S. The first kappa shape index (κ1) is 23.9. The average molecular weight is 483 g/mol. The SMILES string of the molecule is Cc1ccc(C(=O)OCc2ccc(OCc3ccccn3)cc2)cc1S(=O)(=O)N1CCOCC1. The number of rotatable bonds is 8. The molecular weight excluding hydrogens is 456 g/mol. The van der Waals surface area contributed by atoms with Crippen LogP contribution in [0.5, 0.6) is 5.75 Å². The zero-order valence-electron chi connectivity index (χ0n) is 18.8. The van der Waals surface area contributed by atoms with Gasteiger partial charge in [-0.05, 0) is 54.4 Å². The predicted molar refractivity (Wildman–Crippen MR) is 125 cm³/mol. The van der Waals surface area contributed by atoms with Crippen LogP contribution in [0.25, 0.3) is 0 Å². The molecule has 0 atom stereocenters. The number of pyridine rings is 1. The normalized spacial score (nSPS) is 14.5. The van der Waals surface area contributed by atoms with E-state index in [1.807, 2.05) is 30.3 Å². The highest BCUT2D eigenvalue weighted by atomic mass is 32.2. The van der Waals surface area contributed by atoms with Crippen LogP contribution < -0.4 is 4.74 Å². The fraction of sp³-hybridized carbons (Fsp3) is 0.280. The molecule has 4 rings (SSSR count). The summed E-state index contributed by atoms with van der Waals surface area (Å²) in [7, 11) is -3.72. The van der Waals surface area contributed by atoms with Crippen molar-refractivity contribution in [1.82, 2.24) is 9.29 Å². The third-order valence-corrected chi connectivity index (χ3v) is 7.46. The van der Waals surface area contributed by atoms with Crippen molar-refractivity contribution in [2.24, 2.45) is 0 Å². The molecule has 0 N–H and O–H groups in total. The van der Waals surface area contributed by atoms with E-state index in [1.54, 1.807) is 37.4 Å². The summed E-state index contributed by atoms with van der Waals surface area (Å²) >= 11 is 0. The second-order valence-electron chi connectivity index (χ2n) is 7.83. The van der Waals surface area contributed by atoms with Gasteiger partial charge in [-0.1, -0.05) is 24.3 Å². The molecule has 0 amide bonds. The Hall–Kier alpha value is -3.27. The molecule has 1 aliphatic rings. The van der Waals surface area contributed by atoms with Gasteiger partial charge in [-0.3, -0.25) is 4.98 Å². The van der Waals surface area contributed by atoms with Crippen LogP contribution in [-0.4, -0.2) is 50.0 Å². The molecule has 1 aliphatic heterocycles. The third kappa shape index (κ3) is 5.80. The Morgan fingerprint density at radius 1 is 1.03 bits per heavy atom. The van der Waals surface area contributed by atoms with Crippen molar-refractivity contribution in [1.29, 1.82) is 0 Å². The van der Waals surface area contributed by atoms with Gasteiger partial charge < -0.3 is 14.2 Å². The Bertz CT molecular complexity index is 1220. The van der Waals surface area contributed by atoms with Gasteiger partial charge in [0.15, 0.2) is 0 Å². The lowest BCUT2D eigenvalue weighted by Gasteiger charge is -2.26. The summed E-state index contributed by atoms with van der Waals surface area (Å²) < 4.78 is 43.8. The molecule has 0 radical (unpaired) electrons. The maximum Gasteiger partial charge on any atom is 0.338 e. The number of carbonyl (C=O) groups is 1. The van der Waals surface area contributed by atoms with E-state index >= 15 is 0 Å². The molecule has 0 bridgehead atoms. The van der Waals surface area contributed by atoms with Crippen molar-refractivity contribution in [3.8, 4) is 5.75 Å². The lowest BCUT2D eigenvalue weighted by Crippen LogP contribution is -2.40. The number of aryl methyl sites for hydroxylation is 1. The highest BCUT2D eigenvalue weighted by Crippen LogP contribution is 2.23. The number of sulfonamides is 1. The largest absolute Gasteiger partial charge is 0.487 e. The summed E-state index contributed by atoms with van der Waals surface area (Å²) in [6, 6.07) is 17.4. The highest BCUT2D eigenvalue weighted by Gasteiger charge is 2.28. The van der Waals surface area contributed by atoms with Crippen molar-refractivity contribution in [2.45, 2.75) is 25.0 Å². The zero-order chi connectivity index (χ0) is 24.0. The van der Waals surface area contributed by atoms with Gasteiger partial charge in [0.25, 0.3) is 0 Å². The molecule has 9 heteroatoms. The number of benzene rings is 2. The number of ether oxygens (including phenoxy) is 3. The molecule has 0 spiro atoms. The van der Waals surface area contributed by atoms with Crippen LogP contribution in [0, 0.1) is 6.92 Å². The topological polar surface area (TPSA) is 95.0 Å². The van der Waals surface area contributed by atoms with E-state index in [0.29, 0.717) is 31.1 Å². The standard InChI is InChI=1S/C25H26N2O6S/c1-19-5-8-21(16-24(19)34(29,30)27-12-14-31-15-13-27)25(28)33-17-20-6-9-23(10-7-20)32-18-22-4-2-3-11-26-22/h2-11,16H,12-15,17-18H2,1H3. The molecule has 1 saturated heterocycles. The van der Waals surface area contributed by atoms with Crippen LogP contribution in [0.15, 0.2) is 71.8 Å². The van der Waals surface area contributed by atoms with E-state index in [9.17, 15) is 13.2 Å². The van der Waals surface area contributed by atoms with Gasteiger partial charge in [-0.15, -0.1) is 0 Å². The number of carbonyl (C=O) groups excluding carboxylic acids is 1. The van der Waals surface area contributed by atoms with Crippen LogP contribution in [0.4, 0.5) is 0 Å². The molecule has 8 nitrogen and oxygen atoms in total. The number of hydrogen-bond donors (Lipinski definition) is 0. The highest BCUT2D eigenvalue weighted by molar-refractivity contribution is 7.89. The molecule has 1 aromatic heterocycles. The Morgan fingerprint density at radius 3 is 2.50 bits per heavy atom. The van der Waals surface area contributed by atoms with Crippen molar-refractivity contribution >= 4 is 16.0 Å². The van der Waals surface area contributed by atoms with Crippen LogP contribution in [0.1, 0.15) is 27.2 Å². The lowest BCUT2D eigenvalue weighted by atomic mass is 10.1. The van der Waals surface area contributed by atoms with Gasteiger partial charge in [-0.2, -0.15) is 4.31 Å². The van der Waals surface area contributed by atoms with Crippen molar-refractivity contribution in [2.75, 3.05) is 26.3 Å². The van der Waals surface area contributed by atoms with Crippen molar-refractivity contribution in [3.63, 3.8) is 0 Å². The molecule has 0 aliphatic carbocycles. The van der Waals surface area contributed by atoms with Gasteiger partial charge >= 0.3 is 5.97 Å². The van der Waals surface area contributed by atoms with E-state index in [4.69, 9.17) is 14.2 Å². The Balaban J connectivity index is 1.37. The summed E-state index contributed by atoms with van der Waals surface area (Å²) in [5.41, 5.74) is 2.37. The summed E-state index contributed by atoms with van der Waals surface area (Å²) in [5.74, 6) is 0.0890. The third-order valence-electron chi connectivity index (χ3n) is 5.42. The van der Waals surface area contributed by atoms with E-state index in [2.05, 4.69) is 4.98 Å². The van der Waals surface area contributed by atoms with Crippen molar-refractivity contribution < 1.29 is 27.4 Å². The first-order chi connectivity index (χ1) is 16.4. The number of hydrogen-bond acceptors (Lipinski definition) is 7. The maximum absolute atomic E-state index is 13.0. The quantitative estimate of drug-likeness (QED) is 0.455. The van der Waals surface area contributed by atoms with Crippen molar-refractivity contribution in [3.05, 3.63) is 89.2 Å². The molecule has 2 heterocycles. The monoisotopic (exact) mass is 482 g/mol. The number of esters is 1. The minimum absolute atomic E-state index is 0.0543. The fourth-order valence-electron chi connectivity index (χ4n) is 3.49. The van der Waals surface area contributed by atoms with Gasteiger partial charge in [0.05, 0.1) is 29.4 Å². The first-order valence-corrected chi connectivity index (χ1v) is 12.3. The fourth-order valence-corrected chi connectivity index (χ4v) is 5.14. The minimum Gasteiger partial charge on any atom is -0.487 e.